The average Bonchev–Trinajstić information content (AvgIpc) is 2.80. The summed E-state index contributed by atoms with van der Waals surface area (Å²) >= 11 is 0. The lowest BCUT2D eigenvalue weighted by atomic mass is 9.96. The van der Waals surface area contributed by atoms with E-state index < -0.39 is 11.9 Å². The van der Waals surface area contributed by atoms with Gasteiger partial charge in [-0.05, 0) is 33.6 Å². The van der Waals surface area contributed by atoms with Crippen LogP contribution in [-0.2, 0) is 14.4 Å². The summed E-state index contributed by atoms with van der Waals surface area (Å²) in [6.45, 7) is 7.18. The van der Waals surface area contributed by atoms with Crippen molar-refractivity contribution < 1.29 is 19.5 Å². The Hall–Kier alpha value is -1.59. The maximum Gasteiger partial charge on any atom is 0.308 e. The minimum atomic E-state index is -0.841. The predicted molar refractivity (Wildman–Crippen MR) is 76.5 cm³/mol. The van der Waals surface area contributed by atoms with Gasteiger partial charge in [0.05, 0.1) is 11.8 Å². The largest absolute Gasteiger partial charge is 0.481 e. The van der Waals surface area contributed by atoms with Gasteiger partial charge in [-0.25, -0.2) is 0 Å². The maximum atomic E-state index is 12.5. The second kappa shape index (κ2) is 5.66. The van der Waals surface area contributed by atoms with Crippen molar-refractivity contribution in [1.82, 2.24) is 9.80 Å². The van der Waals surface area contributed by atoms with Crippen molar-refractivity contribution in [3.8, 4) is 0 Å². The van der Waals surface area contributed by atoms with E-state index in [1.165, 1.54) is 0 Å². The van der Waals surface area contributed by atoms with Crippen LogP contribution in [0.15, 0.2) is 0 Å². The zero-order valence-corrected chi connectivity index (χ0v) is 13.0. The van der Waals surface area contributed by atoms with Crippen LogP contribution in [0.2, 0.25) is 0 Å². The molecular formula is C15H24N2O4. The summed E-state index contributed by atoms with van der Waals surface area (Å²) in [5.74, 6) is -1.71. The van der Waals surface area contributed by atoms with Crippen LogP contribution >= 0.6 is 0 Å². The normalized spacial score (nSPS) is 27.1. The fourth-order valence-electron chi connectivity index (χ4n) is 3.16. The molecule has 118 valence electrons. The lowest BCUT2D eigenvalue weighted by molar-refractivity contribution is -0.146. The zero-order valence-electron chi connectivity index (χ0n) is 13.0. The van der Waals surface area contributed by atoms with Crippen molar-refractivity contribution in [1.29, 1.82) is 0 Å². The number of likely N-dealkylation sites (tertiary alicyclic amines) is 2. The van der Waals surface area contributed by atoms with Crippen molar-refractivity contribution in [3.63, 3.8) is 0 Å². The predicted octanol–water partition coefficient (Wildman–Crippen LogP) is 0.957. The summed E-state index contributed by atoms with van der Waals surface area (Å²) in [4.78, 5) is 39.0. The fraction of sp³-hybridized carbons (Fsp3) is 0.800. The zero-order chi connectivity index (χ0) is 15.8. The van der Waals surface area contributed by atoms with Gasteiger partial charge < -0.3 is 14.9 Å². The van der Waals surface area contributed by atoms with E-state index in [0.717, 1.165) is 0 Å². The Morgan fingerprint density at radius 3 is 2.38 bits per heavy atom. The SMILES string of the molecule is CC(C)(C)N1C[C@@H](C(=O)N2CCC[C@H](C(=O)O)C2)CC1=O. The van der Waals surface area contributed by atoms with Gasteiger partial charge in [0.25, 0.3) is 0 Å². The van der Waals surface area contributed by atoms with Crippen LogP contribution in [-0.4, -0.2) is 57.9 Å². The standard InChI is InChI=1S/C15H24N2O4/c1-15(2,3)17-9-11(7-12(17)18)13(19)16-6-4-5-10(8-16)14(20)21/h10-11H,4-9H2,1-3H3,(H,20,21)/t10-,11-/m0/s1. The number of rotatable bonds is 2. The van der Waals surface area contributed by atoms with Gasteiger partial charge in [-0.15, -0.1) is 0 Å². The highest BCUT2D eigenvalue weighted by Crippen LogP contribution is 2.28. The molecule has 6 nitrogen and oxygen atoms in total. The first kappa shape index (κ1) is 15.8. The fourth-order valence-corrected chi connectivity index (χ4v) is 3.16. The van der Waals surface area contributed by atoms with Crippen molar-refractivity contribution in [2.75, 3.05) is 19.6 Å². The average molecular weight is 296 g/mol. The second-order valence-electron chi connectivity index (χ2n) is 7.04. The highest BCUT2D eigenvalue weighted by atomic mass is 16.4. The Kier molecular flexibility index (Phi) is 4.25. The molecule has 0 saturated carbocycles. The molecule has 2 heterocycles. The van der Waals surface area contributed by atoms with E-state index in [4.69, 9.17) is 5.11 Å². The van der Waals surface area contributed by atoms with Crippen molar-refractivity contribution in [2.45, 2.75) is 45.6 Å². The van der Waals surface area contributed by atoms with Gasteiger partial charge in [0.1, 0.15) is 0 Å². The number of nitrogens with zero attached hydrogens (tertiary/aromatic N) is 2. The molecule has 0 aromatic rings. The summed E-state index contributed by atoms with van der Waals surface area (Å²) in [6.07, 6.45) is 1.58. The number of carbonyl (C=O) groups excluding carboxylic acids is 2. The number of carboxylic acid groups (broad SMARTS) is 1. The van der Waals surface area contributed by atoms with Gasteiger partial charge >= 0.3 is 5.97 Å². The van der Waals surface area contributed by atoms with Crippen molar-refractivity contribution in [3.05, 3.63) is 0 Å². The van der Waals surface area contributed by atoms with E-state index in [2.05, 4.69) is 0 Å². The molecule has 2 atom stereocenters. The first-order chi connectivity index (χ1) is 9.70. The highest BCUT2D eigenvalue weighted by molar-refractivity contribution is 5.90. The molecule has 6 heteroatoms. The maximum absolute atomic E-state index is 12.5. The quantitative estimate of drug-likeness (QED) is 0.823. The summed E-state index contributed by atoms with van der Waals surface area (Å²) in [5, 5.41) is 9.09. The van der Waals surface area contributed by atoms with Crippen molar-refractivity contribution >= 4 is 17.8 Å². The van der Waals surface area contributed by atoms with E-state index >= 15 is 0 Å². The van der Waals surface area contributed by atoms with Gasteiger partial charge in [0.2, 0.25) is 11.8 Å². The Bertz CT molecular complexity index is 455. The Balaban J connectivity index is 2.01. The van der Waals surface area contributed by atoms with E-state index in [0.29, 0.717) is 25.9 Å². The summed E-state index contributed by atoms with van der Waals surface area (Å²) < 4.78 is 0. The first-order valence-electron chi connectivity index (χ1n) is 7.52. The molecule has 1 N–H and O–H groups in total. The van der Waals surface area contributed by atoms with Crippen LogP contribution in [0.1, 0.15) is 40.0 Å². The van der Waals surface area contributed by atoms with Crippen LogP contribution in [0.5, 0.6) is 0 Å². The van der Waals surface area contributed by atoms with Gasteiger partial charge in [0.15, 0.2) is 0 Å². The Morgan fingerprint density at radius 2 is 1.86 bits per heavy atom. The highest BCUT2D eigenvalue weighted by Gasteiger charge is 2.41. The molecule has 0 unspecified atom stereocenters. The molecule has 0 aromatic heterocycles. The number of carbonyl (C=O) groups is 3. The van der Waals surface area contributed by atoms with E-state index in [1.807, 2.05) is 20.8 Å². The van der Waals surface area contributed by atoms with Crippen LogP contribution in [0, 0.1) is 11.8 Å². The minimum Gasteiger partial charge on any atom is -0.481 e. The molecular weight excluding hydrogens is 272 g/mol. The summed E-state index contributed by atoms with van der Waals surface area (Å²) in [6, 6.07) is 0. The van der Waals surface area contributed by atoms with E-state index in [-0.39, 0.29) is 36.2 Å². The number of hydrogen-bond donors (Lipinski definition) is 1. The molecule has 0 radical (unpaired) electrons. The lowest BCUT2D eigenvalue weighted by Gasteiger charge is -2.34. The van der Waals surface area contributed by atoms with Crippen molar-refractivity contribution in [2.24, 2.45) is 11.8 Å². The molecule has 2 aliphatic heterocycles. The Labute approximate surface area is 125 Å². The van der Waals surface area contributed by atoms with Crippen LogP contribution < -0.4 is 0 Å². The molecule has 2 fully saturated rings. The number of aliphatic carboxylic acids is 1. The Morgan fingerprint density at radius 1 is 1.19 bits per heavy atom. The second-order valence-corrected chi connectivity index (χ2v) is 7.04. The molecule has 2 rings (SSSR count). The number of hydrogen-bond acceptors (Lipinski definition) is 3. The molecule has 2 amide bonds. The van der Waals surface area contributed by atoms with Gasteiger partial charge in [-0.3, -0.25) is 14.4 Å². The first-order valence-corrected chi connectivity index (χ1v) is 7.52. The van der Waals surface area contributed by atoms with E-state index in [9.17, 15) is 14.4 Å². The summed E-state index contributed by atoms with van der Waals surface area (Å²) in [7, 11) is 0. The summed E-state index contributed by atoms with van der Waals surface area (Å²) in [5.41, 5.74) is -0.280. The van der Waals surface area contributed by atoms with Gasteiger partial charge in [-0.2, -0.15) is 0 Å². The van der Waals surface area contributed by atoms with Crippen LogP contribution in [0.25, 0.3) is 0 Å². The monoisotopic (exact) mass is 296 g/mol. The molecule has 2 aliphatic rings. The van der Waals surface area contributed by atoms with Crippen LogP contribution in [0.4, 0.5) is 0 Å². The number of piperidine rings is 1. The lowest BCUT2D eigenvalue weighted by Crippen LogP contribution is -2.46. The van der Waals surface area contributed by atoms with Gasteiger partial charge in [-0.1, -0.05) is 0 Å². The third-order valence-corrected chi connectivity index (χ3v) is 4.37. The molecule has 0 aliphatic carbocycles. The molecule has 0 spiro atoms. The molecule has 0 aromatic carbocycles. The molecule has 2 saturated heterocycles. The van der Waals surface area contributed by atoms with Crippen LogP contribution in [0.3, 0.4) is 0 Å². The van der Waals surface area contributed by atoms with E-state index in [1.54, 1.807) is 9.80 Å². The number of amides is 2. The smallest absolute Gasteiger partial charge is 0.308 e. The molecule has 21 heavy (non-hydrogen) atoms. The number of carboxylic acids is 1. The molecule has 0 bridgehead atoms. The third-order valence-electron chi connectivity index (χ3n) is 4.37. The van der Waals surface area contributed by atoms with Gasteiger partial charge in [0, 0.05) is 31.6 Å². The topological polar surface area (TPSA) is 77.9 Å². The minimum absolute atomic E-state index is 0.00708. The third kappa shape index (κ3) is 3.36.